The normalized spacial score (nSPS) is 11.9. The molecule has 1 amide bonds. The Bertz CT molecular complexity index is 771. The van der Waals surface area contributed by atoms with Crippen molar-refractivity contribution < 1.29 is 14.3 Å². The van der Waals surface area contributed by atoms with Gasteiger partial charge in [-0.1, -0.05) is 45.8 Å². The third-order valence-electron chi connectivity index (χ3n) is 3.27. The van der Waals surface area contributed by atoms with E-state index in [0.29, 0.717) is 16.9 Å². The number of alkyl halides is 1. The number of ketones is 1. The second-order valence-corrected chi connectivity index (χ2v) is 7.61. The van der Waals surface area contributed by atoms with Crippen molar-refractivity contribution >= 4 is 50.6 Å². The van der Waals surface area contributed by atoms with Gasteiger partial charge in [0.15, 0.2) is 5.78 Å². The van der Waals surface area contributed by atoms with Gasteiger partial charge >= 0.3 is 6.09 Å². The third kappa shape index (κ3) is 6.53. The number of carbonyl (C=O) groups is 2. The fraction of sp³-hybridized carbons (Fsp3) is 0.316. The molecule has 1 aromatic carbocycles. The Labute approximate surface area is 172 Å². The van der Waals surface area contributed by atoms with Gasteiger partial charge in [-0.3, -0.25) is 10.1 Å². The highest BCUT2D eigenvalue weighted by Crippen LogP contribution is 2.28. The number of benzene rings is 1. The summed E-state index contributed by atoms with van der Waals surface area (Å²) in [5.41, 5.74) is 1.81. The van der Waals surface area contributed by atoms with Crippen LogP contribution in [0.15, 0.2) is 42.6 Å². The number of aryl methyl sites for hydroxylation is 1. The molecule has 0 spiro atoms. The minimum atomic E-state index is -0.596. The summed E-state index contributed by atoms with van der Waals surface area (Å²) in [5, 5.41) is 2.58. The Morgan fingerprint density at radius 2 is 1.77 bits per heavy atom. The van der Waals surface area contributed by atoms with Crippen molar-refractivity contribution in [3.05, 3.63) is 59.3 Å². The topological polar surface area (TPSA) is 68.3 Å². The quantitative estimate of drug-likeness (QED) is 0.449. The number of rotatable bonds is 4. The number of pyridine rings is 1. The fourth-order valence-electron chi connectivity index (χ4n) is 2.10. The molecule has 140 valence electrons. The van der Waals surface area contributed by atoms with Crippen LogP contribution in [0.1, 0.15) is 47.1 Å². The zero-order valence-corrected chi connectivity index (χ0v) is 18.4. The molecular formula is C19H22Br2N2O3. The zero-order chi connectivity index (χ0) is 18.6. The Morgan fingerprint density at radius 3 is 2.35 bits per heavy atom. The third-order valence-corrected chi connectivity index (χ3v) is 4.22. The van der Waals surface area contributed by atoms with Crippen molar-refractivity contribution in [1.82, 2.24) is 4.98 Å². The summed E-state index contributed by atoms with van der Waals surface area (Å²) < 4.78 is 5.20. The summed E-state index contributed by atoms with van der Waals surface area (Å²) in [7, 11) is 0. The summed E-state index contributed by atoms with van der Waals surface area (Å²) in [6.07, 6.45) is 0.951. The van der Waals surface area contributed by atoms with Gasteiger partial charge in [-0.25, -0.2) is 9.78 Å². The largest absolute Gasteiger partial charge is 0.444 e. The van der Waals surface area contributed by atoms with Crippen LogP contribution >= 0.6 is 32.9 Å². The molecule has 1 N–H and O–H groups in total. The van der Waals surface area contributed by atoms with Crippen LogP contribution in [0, 0.1) is 6.92 Å². The van der Waals surface area contributed by atoms with Crippen molar-refractivity contribution in [3.63, 3.8) is 0 Å². The van der Waals surface area contributed by atoms with Gasteiger partial charge in [-0.05, 0) is 45.4 Å². The van der Waals surface area contributed by atoms with Crippen LogP contribution < -0.4 is 5.32 Å². The summed E-state index contributed by atoms with van der Waals surface area (Å²) >= 11 is 3.43. The van der Waals surface area contributed by atoms with Gasteiger partial charge in [-0.15, -0.1) is 17.0 Å². The van der Waals surface area contributed by atoms with E-state index in [-0.39, 0.29) is 22.8 Å². The molecule has 1 heterocycles. The lowest BCUT2D eigenvalue weighted by Gasteiger charge is -2.19. The van der Waals surface area contributed by atoms with E-state index in [0.717, 1.165) is 5.56 Å². The standard InChI is InChI=1S/C19H21BrN2O3.BrH/c1-12-5-7-13(8-6-12)17(23)16(20)14-9-10-21-15(11-14)22-18(24)25-19(2,3)4;/h5-11,16H,1-4H3,(H,21,22,24);1H. The van der Waals surface area contributed by atoms with Gasteiger partial charge < -0.3 is 4.74 Å². The molecule has 0 bridgehead atoms. The number of hydrogen-bond donors (Lipinski definition) is 1. The molecule has 0 saturated carbocycles. The van der Waals surface area contributed by atoms with Crippen molar-refractivity contribution in [3.8, 4) is 0 Å². The number of nitrogens with one attached hydrogen (secondary N) is 1. The molecular weight excluding hydrogens is 464 g/mol. The average Bonchev–Trinajstić information content (AvgIpc) is 2.52. The minimum Gasteiger partial charge on any atom is -0.444 e. The van der Waals surface area contributed by atoms with Crippen LogP contribution in [-0.2, 0) is 4.74 Å². The average molecular weight is 486 g/mol. The predicted octanol–water partition coefficient (Wildman–Crippen LogP) is 5.63. The maximum Gasteiger partial charge on any atom is 0.413 e. The van der Waals surface area contributed by atoms with Crippen molar-refractivity contribution in [2.75, 3.05) is 5.32 Å². The van der Waals surface area contributed by atoms with Crippen LogP contribution in [0.2, 0.25) is 0 Å². The first-order valence-electron chi connectivity index (χ1n) is 7.86. The first kappa shape index (κ1) is 22.3. The van der Waals surface area contributed by atoms with Crippen molar-refractivity contribution in [2.45, 2.75) is 38.1 Å². The molecule has 0 aliphatic carbocycles. The van der Waals surface area contributed by atoms with Crippen LogP contribution in [-0.4, -0.2) is 22.5 Å². The van der Waals surface area contributed by atoms with Gasteiger partial charge in [0.05, 0.1) is 0 Å². The molecule has 0 aliphatic rings. The number of ether oxygens (including phenoxy) is 1. The van der Waals surface area contributed by atoms with Gasteiger partial charge in [0.25, 0.3) is 0 Å². The monoisotopic (exact) mass is 484 g/mol. The highest BCUT2D eigenvalue weighted by atomic mass is 79.9. The molecule has 7 heteroatoms. The molecule has 0 radical (unpaired) electrons. The molecule has 1 aromatic heterocycles. The lowest BCUT2D eigenvalue weighted by atomic mass is 10.0. The Kier molecular flexibility index (Phi) is 7.96. The van der Waals surface area contributed by atoms with Crippen molar-refractivity contribution in [2.24, 2.45) is 0 Å². The van der Waals surface area contributed by atoms with Crippen LogP contribution in [0.4, 0.5) is 10.6 Å². The SMILES string of the molecule is Br.Cc1ccc(C(=O)C(Br)c2ccnc(NC(=O)OC(C)(C)C)c2)cc1. The Morgan fingerprint density at radius 1 is 1.15 bits per heavy atom. The predicted molar refractivity (Wildman–Crippen MR) is 112 cm³/mol. The second kappa shape index (κ2) is 9.28. The number of anilines is 1. The van der Waals surface area contributed by atoms with Gasteiger partial charge in [0.2, 0.25) is 0 Å². The van der Waals surface area contributed by atoms with Crippen LogP contribution in [0.3, 0.4) is 0 Å². The van der Waals surface area contributed by atoms with E-state index in [4.69, 9.17) is 4.74 Å². The molecule has 2 aromatic rings. The van der Waals surface area contributed by atoms with Gasteiger partial charge in [0, 0.05) is 11.8 Å². The molecule has 0 saturated heterocycles. The van der Waals surface area contributed by atoms with Crippen molar-refractivity contribution in [1.29, 1.82) is 0 Å². The maximum absolute atomic E-state index is 12.6. The number of aromatic nitrogens is 1. The molecule has 2 rings (SSSR count). The van der Waals surface area contributed by atoms with E-state index in [9.17, 15) is 9.59 Å². The molecule has 0 fully saturated rings. The summed E-state index contributed by atoms with van der Waals surface area (Å²) in [6.45, 7) is 7.32. The first-order valence-corrected chi connectivity index (χ1v) is 8.78. The lowest BCUT2D eigenvalue weighted by Crippen LogP contribution is -2.27. The van der Waals surface area contributed by atoms with Crippen LogP contribution in [0.5, 0.6) is 0 Å². The summed E-state index contributed by atoms with van der Waals surface area (Å²) in [4.78, 5) is 28.0. The van der Waals surface area contributed by atoms with E-state index >= 15 is 0 Å². The smallest absolute Gasteiger partial charge is 0.413 e. The van der Waals surface area contributed by atoms with Gasteiger partial charge in [0.1, 0.15) is 16.2 Å². The van der Waals surface area contributed by atoms with E-state index in [1.165, 1.54) is 0 Å². The first-order chi connectivity index (χ1) is 11.7. The maximum atomic E-state index is 12.6. The number of halogens is 2. The highest BCUT2D eigenvalue weighted by Gasteiger charge is 2.21. The molecule has 1 atom stereocenters. The Balaban J connectivity index is 0.00000338. The molecule has 26 heavy (non-hydrogen) atoms. The molecule has 0 aliphatic heterocycles. The number of carbonyl (C=O) groups excluding carboxylic acids is 2. The van der Waals surface area contributed by atoms with E-state index in [1.54, 1.807) is 51.2 Å². The summed E-state index contributed by atoms with van der Waals surface area (Å²) in [5.74, 6) is 0.266. The molecule has 5 nitrogen and oxygen atoms in total. The zero-order valence-electron chi connectivity index (χ0n) is 15.1. The van der Waals surface area contributed by atoms with E-state index in [2.05, 4.69) is 26.2 Å². The summed E-state index contributed by atoms with van der Waals surface area (Å²) in [6, 6.07) is 10.8. The number of nitrogens with zero attached hydrogens (tertiary/aromatic N) is 1. The number of Topliss-reactive ketones (excluding diaryl/α,β-unsaturated/α-hetero) is 1. The van der Waals surface area contributed by atoms with Gasteiger partial charge in [-0.2, -0.15) is 0 Å². The molecule has 1 unspecified atom stereocenters. The highest BCUT2D eigenvalue weighted by molar-refractivity contribution is 9.09. The van der Waals surface area contributed by atoms with Crippen LogP contribution in [0.25, 0.3) is 0 Å². The minimum absolute atomic E-state index is 0. The number of amides is 1. The fourth-order valence-corrected chi connectivity index (χ4v) is 2.65. The second-order valence-electron chi connectivity index (χ2n) is 6.69. The number of hydrogen-bond acceptors (Lipinski definition) is 4. The van der Waals surface area contributed by atoms with E-state index < -0.39 is 16.5 Å². The van der Waals surface area contributed by atoms with E-state index in [1.807, 2.05) is 19.1 Å². The Hall–Kier alpha value is -1.73. The lowest BCUT2D eigenvalue weighted by molar-refractivity contribution is 0.0635.